The van der Waals surface area contributed by atoms with Gasteiger partial charge >= 0.3 is 0 Å². The number of aryl methyl sites for hydroxylation is 1. The first-order valence-electron chi connectivity index (χ1n) is 9.67. The van der Waals surface area contributed by atoms with Gasteiger partial charge < -0.3 is 5.32 Å². The Morgan fingerprint density at radius 2 is 1.83 bits per heavy atom. The van der Waals surface area contributed by atoms with E-state index < -0.39 is 0 Å². The average Bonchev–Trinajstić information content (AvgIpc) is 2.93. The molecule has 5 nitrogen and oxygen atoms in total. The van der Waals surface area contributed by atoms with Gasteiger partial charge in [-0.05, 0) is 60.2 Å². The van der Waals surface area contributed by atoms with Crippen LogP contribution in [-0.4, -0.2) is 29.7 Å². The van der Waals surface area contributed by atoms with Crippen molar-refractivity contribution in [3.63, 3.8) is 0 Å². The molecule has 0 atom stereocenters. The number of allylic oxidation sites excluding steroid dienone is 4. The van der Waals surface area contributed by atoms with Crippen LogP contribution in [0, 0.1) is 6.92 Å². The summed E-state index contributed by atoms with van der Waals surface area (Å²) in [5, 5.41) is 2.88. The number of hydrogen-bond acceptors (Lipinski definition) is 3. The Morgan fingerprint density at radius 3 is 2.52 bits per heavy atom. The lowest BCUT2D eigenvalue weighted by molar-refractivity contribution is -0.115. The Morgan fingerprint density at radius 1 is 1.07 bits per heavy atom. The minimum atomic E-state index is -0.356. The van der Waals surface area contributed by atoms with Gasteiger partial charge in [-0.25, -0.2) is 0 Å². The highest BCUT2D eigenvalue weighted by Gasteiger charge is 2.35. The van der Waals surface area contributed by atoms with E-state index in [1.54, 1.807) is 12.1 Å². The van der Waals surface area contributed by atoms with E-state index in [2.05, 4.69) is 23.5 Å². The van der Waals surface area contributed by atoms with Crippen LogP contribution in [0.2, 0.25) is 0 Å². The normalized spacial score (nSPS) is 15.4. The summed E-state index contributed by atoms with van der Waals surface area (Å²) in [6.07, 6.45) is 8.64. The van der Waals surface area contributed by atoms with Crippen molar-refractivity contribution in [2.45, 2.75) is 26.2 Å². The Bertz CT molecular complexity index is 1080. The van der Waals surface area contributed by atoms with Crippen molar-refractivity contribution in [1.82, 2.24) is 4.90 Å². The van der Waals surface area contributed by atoms with Crippen molar-refractivity contribution in [2.24, 2.45) is 0 Å². The van der Waals surface area contributed by atoms with E-state index in [-0.39, 0.29) is 24.1 Å². The summed E-state index contributed by atoms with van der Waals surface area (Å²) in [6, 6.07) is 11.2. The number of carbonyl (C=O) groups is 3. The molecule has 2 aliphatic rings. The molecule has 0 unspecified atom stereocenters. The first-order valence-corrected chi connectivity index (χ1v) is 9.67. The highest BCUT2D eigenvalue weighted by Crippen LogP contribution is 2.27. The van der Waals surface area contributed by atoms with Crippen molar-refractivity contribution in [3.8, 4) is 0 Å². The molecule has 2 aromatic rings. The summed E-state index contributed by atoms with van der Waals surface area (Å²) in [5.74, 6) is -0.903. The second-order valence-corrected chi connectivity index (χ2v) is 7.46. The molecule has 0 saturated carbocycles. The van der Waals surface area contributed by atoms with Crippen molar-refractivity contribution >= 4 is 29.0 Å². The summed E-state index contributed by atoms with van der Waals surface area (Å²) in [6.45, 7) is 1.85. The van der Waals surface area contributed by atoms with Gasteiger partial charge in [-0.1, -0.05) is 36.4 Å². The molecule has 1 aliphatic heterocycles. The minimum Gasteiger partial charge on any atom is -0.326 e. The summed E-state index contributed by atoms with van der Waals surface area (Å²) >= 11 is 0. The topological polar surface area (TPSA) is 66.5 Å². The number of rotatable bonds is 4. The number of nitrogens with zero attached hydrogens (tertiary/aromatic N) is 1. The van der Waals surface area contributed by atoms with Crippen LogP contribution in [0.5, 0.6) is 0 Å². The van der Waals surface area contributed by atoms with Crippen LogP contribution in [-0.2, 0) is 11.2 Å². The van der Waals surface area contributed by atoms with E-state index in [0.717, 1.165) is 28.9 Å². The second-order valence-electron chi connectivity index (χ2n) is 7.46. The molecule has 0 spiro atoms. The lowest BCUT2D eigenvalue weighted by atomic mass is 9.97. The van der Waals surface area contributed by atoms with E-state index in [1.807, 2.05) is 31.2 Å². The number of benzene rings is 2. The Labute approximate surface area is 169 Å². The number of nitrogens with one attached hydrogen (secondary N) is 1. The van der Waals surface area contributed by atoms with Gasteiger partial charge in [-0.3, -0.25) is 19.3 Å². The van der Waals surface area contributed by atoms with Gasteiger partial charge in [0.25, 0.3) is 11.8 Å². The largest absolute Gasteiger partial charge is 0.326 e. The van der Waals surface area contributed by atoms with Crippen molar-refractivity contribution in [1.29, 1.82) is 0 Å². The molecule has 0 fully saturated rings. The highest BCUT2D eigenvalue weighted by molar-refractivity contribution is 6.22. The summed E-state index contributed by atoms with van der Waals surface area (Å²) in [5.41, 5.74) is 5.14. The van der Waals surface area contributed by atoms with Gasteiger partial charge in [0.1, 0.15) is 0 Å². The number of carbonyl (C=O) groups excluding carboxylic acids is 3. The molecule has 0 bridgehead atoms. The minimum absolute atomic E-state index is 0.0342. The van der Waals surface area contributed by atoms with Gasteiger partial charge in [-0.15, -0.1) is 0 Å². The molecule has 1 aliphatic carbocycles. The molecule has 29 heavy (non-hydrogen) atoms. The van der Waals surface area contributed by atoms with Crippen LogP contribution in [0.25, 0.3) is 5.57 Å². The van der Waals surface area contributed by atoms with Crippen molar-refractivity contribution in [2.75, 3.05) is 12.4 Å². The quantitative estimate of drug-likeness (QED) is 0.804. The van der Waals surface area contributed by atoms with Gasteiger partial charge in [-0.2, -0.15) is 0 Å². The fraction of sp³-hybridized carbons (Fsp3) is 0.208. The Hall–Kier alpha value is -3.47. The molecule has 1 N–H and O–H groups in total. The fourth-order valence-electron chi connectivity index (χ4n) is 3.81. The molecule has 4 rings (SSSR count). The van der Waals surface area contributed by atoms with Crippen LogP contribution in [0.3, 0.4) is 0 Å². The maximum absolute atomic E-state index is 12.6. The summed E-state index contributed by atoms with van der Waals surface area (Å²) < 4.78 is 0. The Kier molecular flexibility index (Phi) is 4.89. The van der Waals surface area contributed by atoms with Crippen LogP contribution < -0.4 is 5.32 Å². The third-order valence-corrected chi connectivity index (χ3v) is 5.27. The number of fused-ring (bicyclic) bond motifs is 1. The fourth-order valence-corrected chi connectivity index (χ4v) is 3.81. The molecule has 1 heterocycles. The number of anilines is 1. The molecule has 5 heteroatoms. The SMILES string of the molecule is Cc1cc(CC(=O)Nc2ccc(C3=CCCC=C3)cc2)c2c(c1)C(=O)N(C)C2=O. The zero-order chi connectivity index (χ0) is 20.5. The second kappa shape index (κ2) is 7.51. The molecular formula is C24H22N2O3. The predicted octanol–water partition coefficient (Wildman–Crippen LogP) is 4.14. The lowest BCUT2D eigenvalue weighted by Crippen LogP contribution is -2.24. The number of amides is 3. The van der Waals surface area contributed by atoms with Crippen molar-refractivity contribution in [3.05, 3.63) is 82.4 Å². The van der Waals surface area contributed by atoms with Crippen LogP contribution >= 0.6 is 0 Å². The van der Waals surface area contributed by atoms with Gasteiger partial charge in [0.05, 0.1) is 17.5 Å². The smallest absolute Gasteiger partial charge is 0.261 e. The molecule has 146 valence electrons. The zero-order valence-corrected chi connectivity index (χ0v) is 16.5. The van der Waals surface area contributed by atoms with Gasteiger partial charge in [0, 0.05) is 12.7 Å². The van der Waals surface area contributed by atoms with Crippen molar-refractivity contribution < 1.29 is 14.4 Å². The van der Waals surface area contributed by atoms with Crippen LogP contribution in [0.4, 0.5) is 5.69 Å². The van der Waals surface area contributed by atoms with Crippen LogP contribution in [0.15, 0.2) is 54.6 Å². The molecule has 0 aromatic heterocycles. The predicted molar refractivity (Wildman–Crippen MR) is 113 cm³/mol. The van der Waals surface area contributed by atoms with Crippen LogP contribution in [0.1, 0.15) is 50.2 Å². The van der Waals surface area contributed by atoms with E-state index in [9.17, 15) is 14.4 Å². The third-order valence-electron chi connectivity index (χ3n) is 5.27. The Balaban J connectivity index is 1.51. The highest BCUT2D eigenvalue weighted by atomic mass is 16.2. The standard InChI is InChI=1S/C24H22N2O3/c1-15-12-18(22-20(13-15)23(28)26(2)24(22)29)14-21(27)25-19-10-8-17(9-11-19)16-6-4-3-5-7-16/h4,6-13H,3,5,14H2,1-2H3,(H,25,27). The number of hydrogen-bond donors (Lipinski definition) is 1. The molecular weight excluding hydrogens is 364 g/mol. The van der Waals surface area contributed by atoms with Gasteiger partial charge in [0.2, 0.25) is 5.91 Å². The average molecular weight is 386 g/mol. The molecule has 2 aromatic carbocycles. The lowest BCUT2D eigenvalue weighted by Gasteiger charge is -2.11. The molecule has 3 amide bonds. The van der Waals surface area contributed by atoms with E-state index in [1.165, 1.54) is 12.6 Å². The zero-order valence-electron chi connectivity index (χ0n) is 16.5. The first kappa shape index (κ1) is 18.9. The maximum Gasteiger partial charge on any atom is 0.261 e. The summed E-state index contributed by atoms with van der Waals surface area (Å²) in [4.78, 5) is 38.4. The summed E-state index contributed by atoms with van der Waals surface area (Å²) in [7, 11) is 1.46. The van der Waals surface area contributed by atoms with E-state index in [0.29, 0.717) is 22.4 Å². The first-order chi connectivity index (χ1) is 13.9. The van der Waals surface area contributed by atoms with E-state index in [4.69, 9.17) is 0 Å². The maximum atomic E-state index is 12.6. The molecule has 0 saturated heterocycles. The third kappa shape index (κ3) is 3.63. The number of imide groups is 1. The van der Waals surface area contributed by atoms with E-state index >= 15 is 0 Å². The monoisotopic (exact) mass is 386 g/mol. The molecule has 0 radical (unpaired) electrons. The van der Waals surface area contributed by atoms with Gasteiger partial charge in [0.15, 0.2) is 0 Å².